The fourth-order valence-corrected chi connectivity index (χ4v) is 2.92. The number of amides is 2. The molecule has 0 unspecified atom stereocenters. The molecule has 0 radical (unpaired) electrons. The highest BCUT2D eigenvalue weighted by molar-refractivity contribution is 5.92. The van der Waals surface area contributed by atoms with E-state index in [1.165, 1.54) is 7.11 Å². The van der Waals surface area contributed by atoms with Gasteiger partial charge in [-0.25, -0.2) is 0 Å². The summed E-state index contributed by atoms with van der Waals surface area (Å²) in [5.41, 5.74) is 2.40. The Balaban J connectivity index is 1.39. The summed E-state index contributed by atoms with van der Waals surface area (Å²) >= 11 is 0. The molecule has 0 aliphatic carbocycles. The lowest BCUT2D eigenvalue weighted by Gasteiger charge is -2.10. The van der Waals surface area contributed by atoms with Gasteiger partial charge in [-0.3, -0.25) is 14.4 Å². The molecule has 0 aliphatic heterocycles. The summed E-state index contributed by atoms with van der Waals surface area (Å²) in [6, 6.07) is 23.8. The molecule has 3 aromatic rings. The first-order valence-corrected chi connectivity index (χ1v) is 10.6. The lowest BCUT2D eigenvalue weighted by Crippen LogP contribution is -2.31. The van der Waals surface area contributed by atoms with Crippen molar-refractivity contribution in [1.82, 2.24) is 5.32 Å². The molecule has 34 heavy (non-hydrogen) atoms. The van der Waals surface area contributed by atoms with Crippen LogP contribution in [0.15, 0.2) is 78.9 Å². The Kier molecular flexibility index (Phi) is 9.04. The summed E-state index contributed by atoms with van der Waals surface area (Å²) in [7, 11) is 1.26. The Morgan fingerprint density at radius 1 is 0.735 bits per heavy atom. The van der Waals surface area contributed by atoms with Crippen LogP contribution in [-0.4, -0.2) is 38.0 Å². The van der Waals surface area contributed by atoms with E-state index in [9.17, 15) is 14.4 Å². The number of hydrogen-bond donors (Lipinski definition) is 2. The largest absolute Gasteiger partial charge is 0.489 e. The third kappa shape index (κ3) is 8.31. The normalized spacial score (nSPS) is 10.1. The Labute approximate surface area is 197 Å². The van der Waals surface area contributed by atoms with Gasteiger partial charge in [-0.15, -0.1) is 0 Å². The Bertz CT molecular complexity index is 1080. The van der Waals surface area contributed by atoms with Crippen LogP contribution >= 0.6 is 0 Å². The molecular formula is C26H26N2O6. The van der Waals surface area contributed by atoms with Gasteiger partial charge in [0.25, 0.3) is 5.91 Å². The van der Waals surface area contributed by atoms with Gasteiger partial charge in [-0.1, -0.05) is 42.5 Å². The molecule has 0 fully saturated rings. The van der Waals surface area contributed by atoms with Gasteiger partial charge in [0.1, 0.15) is 24.7 Å². The number of methoxy groups -OCH3 is 1. The lowest BCUT2D eigenvalue weighted by molar-refractivity contribution is -0.141. The van der Waals surface area contributed by atoms with Gasteiger partial charge >= 0.3 is 5.97 Å². The van der Waals surface area contributed by atoms with Gasteiger partial charge in [0.2, 0.25) is 5.91 Å². The summed E-state index contributed by atoms with van der Waals surface area (Å²) in [4.78, 5) is 35.1. The maximum Gasteiger partial charge on any atom is 0.325 e. The molecule has 2 N–H and O–H groups in total. The predicted octanol–water partition coefficient (Wildman–Crippen LogP) is 3.11. The van der Waals surface area contributed by atoms with Crippen LogP contribution in [0.1, 0.15) is 11.1 Å². The molecule has 0 bridgehead atoms. The minimum Gasteiger partial charge on any atom is -0.489 e. The van der Waals surface area contributed by atoms with Crippen LogP contribution in [0, 0.1) is 0 Å². The first-order chi connectivity index (χ1) is 16.5. The maximum atomic E-state index is 12.2. The number of rotatable bonds is 11. The van der Waals surface area contributed by atoms with Crippen molar-refractivity contribution in [3.8, 4) is 11.5 Å². The summed E-state index contributed by atoms with van der Waals surface area (Å²) in [6.45, 7) is 0.148. The van der Waals surface area contributed by atoms with Gasteiger partial charge in [0.05, 0.1) is 13.5 Å². The molecule has 3 aromatic carbocycles. The van der Waals surface area contributed by atoms with Crippen molar-refractivity contribution in [2.75, 3.05) is 25.6 Å². The number of anilines is 1. The maximum absolute atomic E-state index is 12.2. The minimum absolute atomic E-state index is 0.111. The summed E-state index contributed by atoms with van der Waals surface area (Å²) in [5, 5.41) is 5.21. The van der Waals surface area contributed by atoms with Gasteiger partial charge in [0, 0.05) is 5.69 Å². The number of benzene rings is 3. The minimum atomic E-state index is -0.513. The number of hydrogen-bond acceptors (Lipinski definition) is 6. The molecule has 3 rings (SSSR count). The molecule has 2 amide bonds. The third-order valence-electron chi connectivity index (χ3n) is 4.70. The Hall–Kier alpha value is -4.33. The first-order valence-electron chi connectivity index (χ1n) is 10.6. The van der Waals surface area contributed by atoms with E-state index in [1.54, 1.807) is 48.5 Å². The smallest absolute Gasteiger partial charge is 0.325 e. The molecule has 8 heteroatoms. The van der Waals surface area contributed by atoms with E-state index < -0.39 is 5.97 Å². The fraction of sp³-hybridized carbons (Fsp3) is 0.192. The highest BCUT2D eigenvalue weighted by Gasteiger charge is 2.08. The molecule has 0 saturated heterocycles. The van der Waals surface area contributed by atoms with E-state index in [1.807, 2.05) is 30.3 Å². The second-order valence-electron chi connectivity index (χ2n) is 7.31. The van der Waals surface area contributed by atoms with Crippen molar-refractivity contribution < 1.29 is 28.6 Å². The van der Waals surface area contributed by atoms with E-state index in [4.69, 9.17) is 9.47 Å². The van der Waals surface area contributed by atoms with E-state index in [0.29, 0.717) is 23.8 Å². The summed E-state index contributed by atoms with van der Waals surface area (Å²) in [5.74, 6) is 0.135. The molecule has 176 valence electrons. The van der Waals surface area contributed by atoms with Gasteiger partial charge in [-0.05, 0) is 47.5 Å². The topological polar surface area (TPSA) is 103 Å². The Morgan fingerprint density at radius 3 is 2.03 bits per heavy atom. The van der Waals surface area contributed by atoms with Crippen molar-refractivity contribution in [2.45, 2.75) is 13.0 Å². The second kappa shape index (κ2) is 12.6. The summed E-state index contributed by atoms with van der Waals surface area (Å²) in [6.07, 6.45) is 0.111. The number of ether oxygens (including phenoxy) is 3. The number of esters is 1. The highest BCUT2D eigenvalue weighted by Crippen LogP contribution is 2.19. The monoisotopic (exact) mass is 462 g/mol. The number of carbonyl (C=O) groups is 3. The number of nitrogens with one attached hydrogen (secondary N) is 2. The van der Waals surface area contributed by atoms with Crippen LogP contribution in [0.3, 0.4) is 0 Å². The van der Waals surface area contributed by atoms with Gasteiger partial charge in [-0.2, -0.15) is 0 Å². The first kappa shape index (κ1) is 24.3. The van der Waals surface area contributed by atoms with Crippen molar-refractivity contribution >= 4 is 23.5 Å². The van der Waals surface area contributed by atoms with Crippen LogP contribution in [0.2, 0.25) is 0 Å². The molecule has 8 nitrogen and oxygen atoms in total. The van der Waals surface area contributed by atoms with Crippen molar-refractivity contribution in [2.24, 2.45) is 0 Å². The average Bonchev–Trinajstić information content (AvgIpc) is 2.87. The molecule has 0 spiro atoms. The highest BCUT2D eigenvalue weighted by atomic mass is 16.5. The lowest BCUT2D eigenvalue weighted by atomic mass is 10.1. The molecular weight excluding hydrogens is 436 g/mol. The molecule has 0 heterocycles. The van der Waals surface area contributed by atoms with Gasteiger partial charge in [0.15, 0.2) is 6.61 Å². The molecule has 0 saturated carbocycles. The van der Waals surface area contributed by atoms with Crippen LogP contribution in [0.5, 0.6) is 11.5 Å². The zero-order valence-corrected chi connectivity index (χ0v) is 18.8. The van der Waals surface area contributed by atoms with Crippen molar-refractivity contribution in [3.63, 3.8) is 0 Å². The van der Waals surface area contributed by atoms with E-state index in [-0.39, 0.29) is 31.4 Å². The number of carbonyl (C=O) groups excluding carboxylic acids is 3. The third-order valence-corrected chi connectivity index (χ3v) is 4.70. The van der Waals surface area contributed by atoms with Crippen LogP contribution in [0.25, 0.3) is 0 Å². The SMILES string of the molecule is COC(=O)CNC(=O)Cc1ccc(NC(=O)COc2ccc(OCc3ccccc3)cc2)cc1. The standard InChI is InChI=1S/C26H26N2O6/c1-32-26(31)16-27-24(29)15-19-7-9-21(10-8-19)28-25(30)18-34-23-13-11-22(12-14-23)33-17-20-5-3-2-4-6-20/h2-14H,15-18H2,1H3,(H,27,29)(H,28,30). The molecule has 0 aromatic heterocycles. The Morgan fingerprint density at radius 2 is 1.38 bits per heavy atom. The quantitative estimate of drug-likeness (QED) is 0.425. The molecule has 0 aliphatic rings. The molecule has 0 atom stereocenters. The van der Waals surface area contributed by atoms with E-state index >= 15 is 0 Å². The van der Waals surface area contributed by atoms with Crippen LogP contribution < -0.4 is 20.1 Å². The van der Waals surface area contributed by atoms with Gasteiger partial charge < -0.3 is 24.8 Å². The predicted molar refractivity (Wildman–Crippen MR) is 127 cm³/mol. The van der Waals surface area contributed by atoms with Crippen molar-refractivity contribution in [1.29, 1.82) is 0 Å². The van der Waals surface area contributed by atoms with E-state index in [0.717, 1.165) is 11.1 Å². The van der Waals surface area contributed by atoms with Crippen LogP contribution in [0.4, 0.5) is 5.69 Å². The average molecular weight is 463 g/mol. The fourth-order valence-electron chi connectivity index (χ4n) is 2.92. The zero-order chi connectivity index (χ0) is 24.2. The van der Waals surface area contributed by atoms with E-state index in [2.05, 4.69) is 15.4 Å². The zero-order valence-electron chi connectivity index (χ0n) is 18.8. The second-order valence-corrected chi connectivity index (χ2v) is 7.31. The van der Waals surface area contributed by atoms with Crippen molar-refractivity contribution in [3.05, 3.63) is 90.0 Å². The summed E-state index contributed by atoms with van der Waals surface area (Å²) < 4.78 is 15.7. The van der Waals surface area contributed by atoms with Crippen LogP contribution in [-0.2, 0) is 32.1 Å².